The lowest BCUT2D eigenvalue weighted by Gasteiger charge is -2.13. The van der Waals surface area contributed by atoms with E-state index in [1.54, 1.807) is 18.2 Å². The van der Waals surface area contributed by atoms with E-state index in [1.807, 2.05) is 6.92 Å². The fraction of sp³-hybridized carbons (Fsp3) is 0.250. The van der Waals surface area contributed by atoms with E-state index in [-0.39, 0.29) is 6.04 Å². The van der Waals surface area contributed by atoms with Crippen molar-refractivity contribution in [2.45, 2.75) is 13.0 Å². The zero-order chi connectivity index (χ0) is 9.14. The van der Waals surface area contributed by atoms with Crippen LogP contribution in [0.25, 0.3) is 0 Å². The molecule has 0 aromatic heterocycles. The van der Waals surface area contributed by atoms with Crippen LogP contribution in [0.3, 0.4) is 0 Å². The summed E-state index contributed by atoms with van der Waals surface area (Å²) in [5.74, 6) is 5.27. The third kappa shape index (κ3) is 1.90. The second kappa shape index (κ2) is 4.10. The van der Waals surface area contributed by atoms with Crippen molar-refractivity contribution in [1.29, 1.82) is 0 Å². The molecule has 0 unspecified atom stereocenters. The Kier molecular flexibility index (Phi) is 3.35. The summed E-state index contributed by atoms with van der Waals surface area (Å²) in [6.45, 7) is 1.90. The van der Waals surface area contributed by atoms with Gasteiger partial charge in [0.05, 0.1) is 0 Å². The smallest absolute Gasteiger partial charge is 0.0469 e. The molecule has 2 nitrogen and oxygen atoms in total. The maximum Gasteiger partial charge on any atom is 0.0469 e. The number of nitrogens with one attached hydrogen (secondary N) is 1. The summed E-state index contributed by atoms with van der Waals surface area (Å²) in [7, 11) is 0. The summed E-state index contributed by atoms with van der Waals surface area (Å²) in [5.41, 5.74) is 3.43. The first-order chi connectivity index (χ1) is 5.66. The summed E-state index contributed by atoms with van der Waals surface area (Å²) >= 11 is 11.8. The summed E-state index contributed by atoms with van der Waals surface area (Å²) in [4.78, 5) is 0. The van der Waals surface area contributed by atoms with Gasteiger partial charge in [0.1, 0.15) is 0 Å². The predicted octanol–water partition coefficient (Wildman–Crippen LogP) is 2.52. The highest BCUT2D eigenvalue weighted by Gasteiger charge is 2.10. The van der Waals surface area contributed by atoms with E-state index < -0.39 is 0 Å². The van der Waals surface area contributed by atoms with Crippen molar-refractivity contribution in [3.8, 4) is 0 Å². The quantitative estimate of drug-likeness (QED) is 0.575. The lowest BCUT2D eigenvalue weighted by atomic mass is 10.1. The Labute approximate surface area is 81.6 Å². The van der Waals surface area contributed by atoms with E-state index >= 15 is 0 Å². The van der Waals surface area contributed by atoms with Gasteiger partial charge in [-0.2, -0.15) is 0 Å². The van der Waals surface area contributed by atoms with Crippen molar-refractivity contribution < 1.29 is 0 Å². The highest BCUT2D eigenvalue weighted by atomic mass is 35.5. The van der Waals surface area contributed by atoms with Gasteiger partial charge in [0.2, 0.25) is 0 Å². The third-order valence-corrected chi connectivity index (χ3v) is 2.34. The highest BCUT2D eigenvalue weighted by Crippen LogP contribution is 2.29. The van der Waals surface area contributed by atoms with Crippen LogP contribution in [0.1, 0.15) is 18.5 Å². The van der Waals surface area contributed by atoms with E-state index in [2.05, 4.69) is 5.43 Å². The van der Waals surface area contributed by atoms with Crippen LogP contribution in [0.5, 0.6) is 0 Å². The number of benzene rings is 1. The number of hydrazine groups is 1. The van der Waals surface area contributed by atoms with Crippen LogP contribution < -0.4 is 11.3 Å². The molecule has 1 aromatic carbocycles. The second-order valence-electron chi connectivity index (χ2n) is 2.52. The molecule has 0 aliphatic carbocycles. The van der Waals surface area contributed by atoms with Crippen LogP contribution in [-0.2, 0) is 0 Å². The molecule has 0 heterocycles. The van der Waals surface area contributed by atoms with E-state index in [0.717, 1.165) is 5.56 Å². The van der Waals surface area contributed by atoms with Crippen molar-refractivity contribution in [2.75, 3.05) is 0 Å². The molecule has 0 aliphatic rings. The van der Waals surface area contributed by atoms with Crippen molar-refractivity contribution in [2.24, 2.45) is 5.84 Å². The molecule has 12 heavy (non-hydrogen) atoms. The van der Waals surface area contributed by atoms with E-state index in [1.165, 1.54) is 0 Å². The molecule has 1 rings (SSSR count). The first-order valence-electron chi connectivity index (χ1n) is 3.57. The highest BCUT2D eigenvalue weighted by molar-refractivity contribution is 6.36. The largest absolute Gasteiger partial charge is 0.271 e. The zero-order valence-electron chi connectivity index (χ0n) is 6.64. The maximum atomic E-state index is 5.92. The van der Waals surface area contributed by atoms with Crippen molar-refractivity contribution in [1.82, 2.24) is 5.43 Å². The number of rotatable bonds is 2. The topological polar surface area (TPSA) is 38.0 Å². The molecule has 0 aliphatic heterocycles. The van der Waals surface area contributed by atoms with Crippen molar-refractivity contribution in [3.05, 3.63) is 33.8 Å². The lowest BCUT2D eigenvalue weighted by molar-refractivity contribution is 0.603. The minimum absolute atomic E-state index is 0.0359. The summed E-state index contributed by atoms with van der Waals surface area (Å²) in [5, 5.41) is 1.26. The average molecular weight is 205 g/mol. The third-order valence-electron chi connectivity index (χ3n) is 1.68. The average Bonchev–Trinajstić information content (AvgIpc) is 2.03. The second-order valence-corrected chi connectivity index (χ2v) is 3.34. The van der Waals surface area contributed by atoms with Crippen molar-refractivity contribution in [3.63, 3.8) is 0 Å². The fourth-order valence-electron chi connectivity index (χ4n) is 1.01. The van der Waals surface area contributed by atoms with Gasteiger partial charge in [0.25, 0.3) is 0 Å². The zero-order valence-corrected chi connectivity index (χ0v) is 8.15. The number of nitrogens with two attached hydrogens (primary N) is 1. The monoisotopic (exact) mass is 204 g/mol. The Bertz CT molecular complexity index is 256. The van der Waals surface area contributed by atoms with E-state index in [0.29, 0.717) is 10.0 Å². The molecule has 0 fully saturated rings. The minimum atomic E-state index is -0.0359. The molecule has 3 N–H and O–H groups in total. The van der Waals surface area contributed by atoms with Gasteiger partial charge < -0.3 is 0 Å². The van der Waals surface area contributed by atoms with Gasteiger partial charge in [-0.1, -0.05) is 29.3 Å². The lowest BCUT2D eigenvalue weighted by Crippen LogP contribution is -2.26. The molecule has 1 aromatic rings. The fourth-order valence-corrected chi connectivity index (χ4v) is 1.73. The van der Waals surface area contributed by atoms with Gasteiger partial charge in [-0.3, -0.25) is 11.3 Å². The van der Waals surface area contributed by atoms with Crippen LogP contribution >= 0.6 is 23.2 Å². The maximum absolute atomic E-state index is 5.92. The first kappa shape index (κ1) is 9.81. The van der Waals surface area contributed by atoms with Crippen LogP contribution in [0.4, 0.5) is 0 Å². The van der Waals surface area contributed by atoms with Gasteiger partial charge >= 0.3 is 0 Å². The number of hydrogen-bond acceptors (Lipinski definition) is 2. The number of hydrogen-bond donors (Lipinski definition) is 2. The first-order valence-corrected chi connectivity index (χ1v) is 4.32. The van der Waals surface area contributed by atoms with E-state index in [4.69, 9.17) is 29.0 Å². The van der Waals surface area contributed by atoms with Crippen molar-refractivity contribution >= 4 is 23.2 Å². The van der Waals surface area contributed by atoms with E-state index in [9.17, 15) is 0 Å². The van der Waals surface area contributed by atoms with Gasteiger partial charge in [-0.05, 0) is 19.1 Å². The molecule has 4 heteroatoms. The van der Waals surface area contributed by atoms with Crippen LogP contribution in [0.15, 0.2) is 18.2 Å². The molecule has 0 bridgehead atoms. The number of halogens is 2. The molecule has 0 amide bonds. The van der Waals surface area contributed by atoms with Gasteiger partial charge in [0.15, 0.2) is 0 Å². The molecule has 66 valence electrons. The van der Waals surface area contributed by atoms with Gasteiger partial charge in [-0.25, -0.2) is 0 Å². The molecular weight excluding hydrogens is 195 g/mol. The molecule has 1 atom stereocenters. The molecule has 0 spiro atoms. The molecular formula is C8H10Cl2N2. The Morgan fingerprint density at radius 2 is 1.83 bits per heavy atom. The van der Waals surface area contributed by atoms with Gasteiger partial charge in [-0.15, -0.1) is 0 Å². The Morgan fingerprint density at radius 3 is 2.25 bits per heavy atom. The van der Waals surface area contributed by atoms with Crippen LogP contribution in [0.2, 0.25) is 10.0 Å². The SMILES string of the molecule is C[C@@H](NN)c1c(Cl)cccc1Cl. The minimum Gasteiger partial charge on any atom is -0.271 e. The Morgan fingerprint density at radius 1 is 1.33 bits per heavy atom. The molecule has 0 radical (unpaired) electrons. The predicted molar refractivity (Wildman–Crippen MR) is 52.2 cm³/mol. The molecule has 0 saturated heterocycles. The summed E-state index contributed by atoms with van der Waals surface area (Å²) < 4.78 is 0. The standard InChI is InChI=1S/C8H10Cl2N2/c1-5(12-11)8-6(9)3-2-4-7(8)10/h2-5,12H,11H2,1H3/t5-/m1/s1. The summed E-state index contributed by atoms with van der Waals surface area (Å²) in [6.07, 6.45) is 0. The van der Waals surface area contributed by atoms with Gasteiger partial charge in [0, 0.05) is 21.7 Å². The van der Waals surface area contributed by atoms with Crippen LogP contribution in [-0.4, -0.2) is 0 Å². The Balaban J connectivity index is 3.12. The molecule has 0 saturated carbocycles. The Hall–Kier alpha value is -0.280. The summed E-state index contributed by atoms with van der Waals surface area (Å²) in [6, 6.07) is 5.34. The van der Waals surface area contributed by atoms with Crippen LogP contribution in [0, 0.1) is 0 Å². The normalized spacial score (nSPS) is 13.0.